The van der Waals surface area contributed by atoms with E-state index in [-0.39, 0.29) is 11.5 Å². The zero-order valence-electron chi connectivity index (χ0n) is 11.4. The number of rotatable bonds is 4. The van der Waals surface area contributed by atoms with E-state index >= 15 is 0 Å². The van der Waals surface area contributed by atoms with Crippen LogP contribution in [0.15, 0.2) is 46.2 Å². The zero-order valence-corrected chi connectivity index (χ0v) is 12.2. The number of hydrogen-bond donors (Lipinski definition) is 2. The lowest BCUT2D eigenvalue weighted by Gasteiger charge is -2.11. The molecular weight excluding hydrogens is 272 g/mol. The highest BCUT2D eigenvalue weighted by Gasteiger charge is 2.16. The Bertz CT molecular complexity index is 665. The fraction of sp³-hybridized carbons (Fsp3) is 0.200. The van der Waals surface area contributed by atoms with E-state index in [9.17, 15) is 9.59 Å². The van der Waals surface area contributed by atoms with E-state index < -0.39 is 0 Å². The van der Waals surface area contributed by atoms with Crippen LogP contribution in [0.4, 0.5) is 5.69 Å². The maximum absolute atomic E-state index is 12.4. The van der Waals surface area contributed by atoms with Crippen molar-refractivity contribution in [2.24, 2.45) is 0 Å². The number of pyridine rings is 1. The molecule has 1 amide bonds. The van der Waals surface area contributed by atoms with Crippen LogP contribution in [0, 0.1) is 6.92 Å². The molecule has 104 valence electrons. The first-order valence-corrected chi connectivity index (χ1v) is 7.33. The summed E-state index contributed by atoms with van der Waals surface area (Å²) < 4.78 is 0. The van der Waals surface area contributed by atoms with Crippen LogP contribution in [0.25, 0.3) is 0 Å². The maximum atomic E-state index is 12.4. The van der Waals surface area contributed by atoms with Gasteiger partial charge in [0.15, 0.2) is 0 Å². The van der Waals surface area contributed by atoms with Gasteiger partial charge in [0, 0.05) is 11.8 Å². The summed E-state index contributed by atoms with van der Waals surface area (Å²) in [4.78, 5) is 26.6. The third kappa shape index (κ3) is 3.30. The minimum atomic E-state index is -0.207. The van der Waals surface area contributed by atoms with Crippen molar-refractivity contribution in [2.45, 2.75) is 18.9 Å². The average Bonchev–Trinajstić information content (AvgIpc) is 2.39. The fourth-order valence-electron chi connectivity index (χ4n) is 1.91. The Morgan fingerprint density at radius 3 is 2.65 bits per heavy atom. The van der Waals surface area contributed by atoms with E-state index in [1.54, 1.807) is 6.92 Å². The summed E-state index contributed by atoms with van der Waals surface area (Å²) in [6.07, 6.45) is 0. The third-order valence-corrected chi connectivity index (χ3v) is 3.64. The van der Waals surface area contributed by atoms with Crippen LogP contribution >= 0.6 is 11.8 Å². The summed E-state index contributed by atoms with van der Waals surface area (Å²) in [7, 11) is 0. The van der Waals surface area contributed by atoms with Crippen molar-refractivity contribution in [3.63, 3.8) is 0 Å². The number of carbonyl (C=O) groups is 1. The quantitative estimate of drug-likeness (QED) is 0.850. The molecule has 0 atom stereocenters. The number of hydrogen-bond acceptors (Lipinski definition) is 3. The normalized spacial score (nSPS) is 10.3. The number of aromatic nitrogens is 1. The second-order valence-electron chi connectivity index (χ2n) is 4.27. The van der Waals surface area contributed by atoms with Crippen LogP contribution in [0.5, 0.6) is 0 Å². The standard InChI is InChI=1S/C15H16N2O2S/c1-3-20-15-13(10(2)9-12(18)17-15)14(19)16-11-7-5-4-6-8-11/h4-9H,3H2,1-2H3,(H,16,19)(H,17,18). The van der Waals surface area contributed by atoms with Crippen molar-refractivity contribution in [2.75, 3.05) is 11.1 Å². The lowest BCUT2D eigenvalue weighted by atomic mass is 10.1. The molecule has 0 spiro atoms. The molecule has 0 saturated heterocycles. The number of thioether (sulfide) groups is 1. The smallest absolute Gasteiger partial charge is 0.258 e. The molecule has 5 heteroatoms. The molecule has 1 aromatic carbocycles. The predicted molar refractivity (Wildman–Crippen MR) is 82.6 cm³/mol. The molecule has 0 radical (unpaired) electrons. The molecule has 20 heavy (non-hydrogen) atoms. The topological polar surface area (TPSA) is 62.0 Å². The van der Waals surface area contributed by atoms with E-state index in [0.717, 1.165) is 11.4 Å². The summed E-state index contributed by atoms with van der Waals surface area (Å²) in [5.74, 6) is 0.575. The van der Waals surface area contributed by atoms with Crippen LogP contribution in [0.2, 0.25) is 0 Å². The number of aromatic amines is 1. The molecule has 0 aliphatic rings. The highest BCUT2D eigenvalue weighted by Crippen LogP contribution is 2.22. The fourth-order valence-corrected chi connectivity index (χ4v) is 2.77. The van der Waals surface area contributed by atoms with Crippen molar-refractivity contribution in [1.29, 1.82) is 0 Å². The van der Waals surface area contributed by atoms with Crippen LogP contribution < -0.4 is 10.9 Å². The molecular formula is C15H16N2O2S. The van der Waals surface area contributed by atoms with Gasteiger partial charge in [0.05, 0.1) is 10.6 Å². The lowest BCUT2D eigenvalue weighted by molar-refractivity contribution is 0.102. The second-order valence-corrected chi connectivity index (χ2v) is 5.55. The molecule has 0 aliphatic carbocycles. The Morgan fingerprint density at radius 1 is 1.30 bits per heavy atom. The van der Waals surface area contributed by atoms with Crippen molar-refractivity contribution >= 4 is 23.4 Å². The van der Waals surface area contributed by atoms with Gasteiger partial charge in [-0.15, -0.1) is 11.8 Å². The molecule has 0 bridgehead atoms. The number of aryl methyl sites for hydroxylation is 1. The SMILES string of the molecule is CCSc1[nH]c(=O)cc(C)c1C(=O)Nc1ccccc1. The minimum absolute atomic E-state index is 0.185. The predicted octanol–water partition coefficient (Wildman–Crippen LogP) is 3.05. The summed E-state index contributed by atoms with van der Waals surface area (Å²) in [6.45, 7) is 3.75. The monoisotopic (exact) mass is 288 g/mol. The average molecular weight is 288 g/mol. The maximum Gasteiger partial charge on any atom is 0.258 e. The molecule has 2 aromatic rings. The molecule has 0 unspecified atom stereocenters. The van der Waals surface area contributed by atoms with Crippen molar-refractivity contribution in [1.82, 2.24) is 4.98 Å². The Kier molecular flexibility index (Phi) is 4.63. The number of anilines is 1. The van der Waals surface area contributed by atoms with Gasteiger partial charge in [-0.25, -0.2) is 0 Å². The lowest BCUT2D eigenvalue weighted by Crippen LogP contribution is -2.19. The van der Waals surface area contributed by atoms with Gasteiger partial charge in [-0.2, -0.15) is 0 Å². The van der Waals surface area contributed by atoms with Gasteiger partial charge in [0.1, 0.15) is 0 Å². The largest absolute Gasteiger partial charge is 0.322 e. The first kappa shape index (κ1) is 14.4. The first-order chi connectivity index (χ1) is 9.61. The van der Waals surface area contributed by atoms with E-state index in [4.69, 9.17) is 0 Å². The van der Waals surface area contributed by atoms with Gasteiger partial charge >= 0.3 is 0 Å². The van der Waals surface area contributed by atoms with E-state index in [1.165, 1.54) is 17.8 Å². The summed E-state index contributed by atoms with van der Waals surface area (Å²) >= 11 is 1.45. The number of nitrogens with one attached hydrogen (secondary N) is 2. The summed E-state index contributed by atoms with van der Waals surface area (Å²) in [5.41, 5.74) is 1.75. The van der Waals surface area contributed by atoms with Gasteiger partial charge in [0.25, 0.3) is 5.91 Å². The highest BCUT2D eigenvalue weighted by molar-refractivity contribution is 7.99. The van der Waals surface area contributed by atoms with E-state index in [0.29, 0.717) is 16.2 Å². The molecule has 4 nitrogen and oxygen atoms in total. The van der Waals surface area contributed by atoms with Crippen molar-refractivity contribution in [3.05, 3.63) is 57.9 Å². The third-order valence-electron chi connectivity index (χ3n) is 2.75. The number of carbonyl (C=O) groups excluding carboxylic acids is 1. The Balaban J connectivity index is 2.36. The van der Waals surface area contributed by atoms with Crippen LogP contribution in [-0.4, -0.2) is 16.6 Å². The number of amides is 1. The molecule has 0 fully saturated rings. The van der Waals surface area contributed by atoms with Crippen molar-refractivity contribution in [3.8, 4) is 0 Å². The summed E-state index contributed by atoms with van der Waals surface area (Å²) in [6, 6.07) is 10.7. The van der Waals surface area contributed by atoms with E-state index in [1.807, 2.05) is 37.3 Å². The minimum Gasteiger partial charge on any atom is -0.322 e. The first-order valence-electron chi connectivity index (χ1n) is 6.35. The molecule has 1 aromatic heterocycles. The van der Waals surface area contributed by atoms with Gasteiger partial charge in [-0.05, 0) is 30.4 Å². The van der Waals surface area contributed by atoms with Crippen LogP contribution in [-0.2, 0) is 0 Å². The zero-order chi connectivity index (χ0) is 14.5. The van der Waals surface area contributed by atoms with Gasteiger partial charge < -0.3 is 10.3 Å². The number of benzene rings is 1. The Morgan fingerprint density at radius 2 is 2.00 bits per heavy atom. The van der Waals surface area contributed by atoms with Gasteiger partial charge in [-0.3, -0.25) is 9.59 Å². The van der Waals surface area contributed by atoms with Gasteiger partial charge in [-0.1, -0.05) is 25.1 Å². The van der Waals surface area contributed by atoms with Crippen LogP contribution in [0.1, 0.15) is 22.8 Å². The molecule has 2 N–H and O–H groups in total. The Hall–Kier alpha value is -2.01. The van der Waals surface area contributed by atoms with E-state index in [2.05, 4.69) is 10.3 Å². The van der Waals surface area contributed by atoms with Crippen LogP contribution in [0.3, 0.4) is 0 Å². The number of H-pyrrole nitrogens is 1. The molecule has 0 saturated carbocycles. The Labute approximate surface area is 121 Å². The molecule has 0 aliphatic heterocycles. The van der Waals surface area contributed by atoms with Crippen molar-refractivity contribution < 1.29 is 4.79 Å². The second kappa shape index (κ2) is 6.43. The molecule has 2 rings (SSSR count). The summed E-state index contributed by atoms with van der Waals surface area (Å²) in [5, 5.41) is 3.46. The molecule has 1 heterocycles. The van der Waals surface area contributed by atoms with Gasteiger partial charge in [0.2, 0.25) is 5.56 Å². The highest BCUT2D eigenvalue weighted by atomic mass is 32.2. The number of para-hydroxylation sites is 1.